The first-order valence-electron chi connectivity index (χ1n) is 18.2. The third kappa shape index (κ3) is 33.1. The number of ether oxygens (including phenoxy) is 1. The number of hydrogen-bond donors (Lipinski definition) is 1. The minimum atomic E-state index is -0.769. The van der Waals surface area contributed by atoms with Crippen LogP contribution in [0.5, 0.6) is 0 Å². The molecule has 1 N–H and O–H groups in total. The van der Waals surface area contributed by atoms with Crippen molar-refractivity contribution in [1.29, 1.82) is 0 Å². The molecule has 0 aliphatic rings. The Kier molecular flexibility index (Phi) is 32.1. The molecule has 0 aromatic carbocycles. The highest BCUT2D eigenvalue weighted by Crippen LogP contribution is 2.18. The van der Waals surface area contributed by atoms with Crippen molar-refractivity contribution in [1.82, 2.24) is 0 Å². The smallest absolute Gasteiger partial charge is 0.306 e. The zero-order chi connectivity index (χ0) is 30.1. The largest absolute Gasteiger partial charge is 0.481 e. The summed E-state index contributed by atoms with van der Waals surface area (Å²) < 4.78 is 5.81. The third-order valence-electron chi connectivity index (χ3n) is 8.24. The molecule has 0 aliphatic carbocycles. The molecular weight excluding hydrogens is 508 g/mol. The fraction of sp³-hybridized carbons (Fsp3) is 0.892. The highest BCUT2D eigenvalue weighted by Gasteiger charge is 2.15. The topological polar surface area (TPSA) is 63.6 Å². The lowest BCUT2D eigenvalue weighted by atomic mass is 10.0. The fourth-order valence-electron chi connectivity index (χ4n) is 5.53. The van der Waals surface area contributed by atoms with Gasteiger partial charge < -0.3 is 9.84 Å². The van der Waals surface area contributed by atoms with Crippen molar-refractivity contribution in [3.63, 3.8) is 0 Å². The maximum Gasteiger partial charge on any atom is 0.306 e. The van der Waals surface area contributed by atoms with Gasteiger partial charge in [-0.15, -0.1) is 0 Å². The number of aliphatic carboxylic acids is 1. The second-order valence-corrected chi connectivity index (χ2v) is 12.4. The van der Waals surface area contributed by atoms with Crippen LogP contribution in [0.15, 0.2) is 12.2 Å². The molecule has 0 radical (unpaired) electrons. The van der Waals surface area contributed by atoms with Crippen LogP contribution in [0.25, 0.3) is 0 Å². The molecule has 0 saturated carbocycles. The molecule has 1 unspecified atom stereocenters. The molecule has 1 atom stereocenters. The van der Waals surface area contributed by atoms with E-state index in [0.29, 0.717) is 19.3 Å². The maximum atomic E-state index is 12.4. The number of hydrogen-bond acceptors (Lipinski definition) is 3. The molecule has 0 rings (SSSR count). The van der Waals surface area contributed by atoms with E-state index in [1.54, 1.807) is 0 Å². The normalized spacial score (nSPS) is 12.2. The van der Waals surface area contributed by atoms with Crippen molar-refractivity contribution >= 4 is 11.9 Å². The second kappa shape index (κ2) is 33.2. The van der Waals surface area contributed by atoms with Crippen LogP contribution in [0.1, 0.15) is 206 Å². The number of allylic oxidation sites excluding steroid dienone is 2. The summed E-state index contributed by atoms with van der Waals surface area (Å²) in [4.78, 5) is 23.4. The monoisotopic (exact) mass is 579 g/mol. The molecule has 0 spiro atoms. The number of esters is 1. The van der Waals surface area contributed by atoms with Crippen molar-refractivity contribution in [2.45, 2.75) is 213 Å². The Morgan fingerprint density at radius 2 is 0.927 bits per heavy atom. The zero-order valence-electron chi connectivity index (χ0n) is 27.6. The summed E-state index contributed by atoms with van der Waals surface area (Å²) in [5.74, 6) is -0.863. The lowest BCUT2D eigenvalue weighted by Gasteiger charge is -2.18. The van der Waals surface area contributed by atoms with Gasteiger partial charge in [-0.2, -0.15) is 0 Å². The lowest BCUT2D eigenvalue weighted by molar-refractivity contribution is -0.150. The van der Waals surface area contributed by atoms with Gasteiger partial charge >= 0.3 is 11.9 Å². The van der Waals surface area contributed by atoms with Gasteiger partial charge in [-0.3, -0.25) is 9.59 Å². The summed E-state index contributed by atoms with van der Waals surface area (Å²) in [6.07, 6.45) is 39.3. The highest BCUT2D eigenvalue weighted by molar-refractivity contribution is 5.69. The third-order valence-corrected chi connectivity index (χ3v) is 8.24. The van der Waals surface area contributed by atoms with Gasteiger partial charge in [0.2, 0.25) is 0 Å². The summed E-state index contributed by atoms with van der Waals surface area (Å²) >= 11 is 0. The first-order valence-corrected chi connectivity index (χ1v) is 18.2. The number of carbonyl (C=O) groups excluding carboxylic acids is 1. The van der Waals surface area contributed by atoms with E-state index < -0.39 is 5.97 Å². The van der Waals surface area contributed by atoms with E-state index in [4.69, 9.17) is 9.84 Å². The minimum absolute atomic E-state index is 0.0940. The Morgan fingerprint density at radius 3 is 1.44 bits per heavy atom. The number of rotatable bonds is 33. The summed E-state index contributed by atoms with van der Waals surface area (Å²) in [5, 5.41) is 8.99. The Morgan fingerprint density at radius 1 is 0.512 bits per heavy atom. The molecular formula is C37H70O4. The van der Waals surface area contributed by atoms with Crippen LogP contribution in [-0.2, 0) is 14.3 Å². The zero-order valence-corrected chi connectivity index (χ0v) is 27.6. The Labute approximate surface area is 255 Å². The van der Waals surface area contributed by atoms with Gasteiger partial charge in [0.05, 0.1) is 0 Å². The van der Waals surface area contributed by atoms with E-state index in [2.05, 4.69) is 26.0 Å². The Bertz CT molecular complexity index is 585. The Balaban J connectivity index is 3.82. The number of carboxylic acids is 1. The average molecular weight is 579 g/mol. The molecule has 0 aliphatic heterocycles. The van der Waals surface area contributed by atoms with Crippen LogP contribution in [0.3, 0.4) is 0 Å². The fourth-order valence-corrected chi connectivity index (χ4v) is 5.53. The van der Waals surface area contributed by atoms with E-state index in [1.807, 2.05) is 0 Å². The molecule has 0 saturated heterocycles. The SMILES string of the molecule is CCCC/C=C\CCCCCCCCC(=O)OC(CCCCCCCCCCCCCCCCC)CCCC(=O)O. The first kappa shape index (κ1) is 39.7. The molecule has 0 fully saturated rings. The van der Waals surface area contributed by atoms with Crippen LogP contribution in [0, 0.1) is 0 Å². The quantitative estimate of drug-likeness (QED) is 0.0478. The van der Waals surface area contributed by atoms with E-state index >= 15 is 0 Å². The van der Waals surface area contributed by atoms with Gasteiger partial charge in [0, 0.05) is 12.8 Å². The summed E-state index contributed by atoms with van der Waals surface area (Å²) in [6.45, 7) is 4.51. The van der Waals surface area contributed by atoms with Crippen molar-refractivity contribution in [3.05, 3.63) is 12.2 Å². The van der Waals surface area contributed by atoms with Crippen molar-refractivity contribution < 1.29 is 19.4 Å². The van der Waals surface area contributed by atoms with Gasteiger partial charge in [-0.05, 0) is 51.4 Å². The molecule has 0 aromatic heterocycles. The van der Waals surface area contributed by atoms with Crippen LogP contribution < -0.4 is 0 Å². The predicted molar refractivity (Wildman–Crippen MR) is 177 cm³/mol. The molecule has 41 heavy (non-hydrogen) atoms. The minimum Gasteiger partial charge on any atom is -0.481 e. The van der Waals surface area contributed by atoms with Crippen molar-refractivity contribution in [3.8, 4) is 0 Å². The second-order valence-electron chi connectivity index (χ2n) is 12.4. The van der Waals surface area contributed by atoms with E-state index in [0.717, 1.165) is 25.7 Å². The van der Waals surface area contributed by atoms with Gasteiger partial charge in [0.15, 0.2) is 0 Å². The van der Waals surface area contributed by atoms with Gasteiger partial charge in [-0.25, -0.2) is 0 Å². The van der Waals surface area contributed by atoms with Crippen molar-refractivity contribution in [2.75, 3.05) is 0 Å². The van der Waals surface area contributed by atoms with E-state index in [1.165, 1.54) is 141 Å². The predicted octanol–water partition coefficient (Wildman–Crippen LogP) is 12.3. The number of unbranched alkanes of at least 4 members (excludes halogenated alkanes) is 22. The summed E-state index contributed by atoms with van der Waals surface area (Å²) in [6, 6.07) is 0. The van der Waals surface area contributed by atoms with Crippen LogP contribution in [0.4, 0.5) is 0 Å². The number of carbonyl (C=O) groups is 2. The lowest BCUT2D eigenvalue weighted by Crippen LogP contribution is -2.18. The molecule has 0 bridgehead atoms. The molecule has 4 heteroatoms. The first-order chi connectivity index (χ1) is 20.1. The van der Waals surface area contributed by atoms with Crippen LogP contribution in [-0.4, -0.2) is 23.1 Å². The summed E-state index contributed by atoms with van der Waals surface area (Å²) in [7, 11) is 0. The molecule has 0 aromatic rings. The van der Waals surface area contributed by atoms with Crippen molar-refractivity contribution in [2.24, 2.45) is 0 Å². The van der Waals surface area contributed by atoms with Gasteiger partial charge in [-0.1, -0.05) is 154 Å². The maximum absolute atomic E-state index is 12.4. The average Bonchev–Trinajstić information content (AvgIpc) is 2.95. The van der Waals surface area contributed by atoms with Gasteiger partial charge in [0.25, 0.3) is 0 Å². The molecule has 4 nitrogen and oxygen atoms in total. The van der Waals surface area contributed by atoms with Crippen LogP contribution >= 0.6 is 0 Å². The van der Waals surface area contributed by atoms with E-state index in [9.17, 15) is 9.59 Å². The Hall–Kier alpha value is -1.32. The highest BCUT2D eigenvalue weighted by atomic mass is 16.5. The van der Waals surface area contributed by atoms with Gasteiger partial charge in [0.1, 0.15) is 6.10 Å². The summed E-state index contributed by atoms with van der Waals surface area (Å²) in [5.41, 5.74) is 0. The molecule has 0 heterocycles. The standard InChI is InChI=1S/C37H70O4/c1-3-5-7-9-11-13-15-17-18-19-20-22-24-26-28-31-35(32-30-33-36(38)39)41-37(40)34-29-27-25-23-21-16-14-12-10-8-6-4-2/h10,12,35H,3-9,11,13-34H2,1-2H3,(H,38,39)/b12-10-. The molecule has 242 valence electrons. The van der Waals surface area contributed by atoms with Crippen LogP contribution in [0.2, 0.25) is 0 Å². The number of carboxylic acid groups (broad SMARTS) is 1. The van der Waals surface area contributed by atoms with E-state index in [-0.39, 0.29) is 18.5 Å². The molecule has 0 amide bonds.